The number of amides is 2. The lowest BCUT2D eigenvalue weighted by atomic mass is 9.89. The summed E-state index contributed by atoms with van der Waals surface area (Å²) in [4.78, 5) is 29.0. The summed E-state index contributed by atoms with van der Waals surface area (Å²) in [5, 5.41) is 6.97. The van der Waals surface area contributed by atoms with Crippen molar-refractivity contribution >= 4 is 23.2 Å². The number of carbonyl (C=O) groups excluding carboxylic acids is 2. The first-order chi connectivity index (χ1) is 13.0. The zero-order chi connectivity index (χ0) is 19.3. The molecule has 7 heteroatoms. The second-order valence-corrected chi connectivity index (χ2v) is 8.58. The number of hydrogen-bond acceptors (Lipinski definition) is 5. The minimum Gasteiger partial charge on any atom is -0.365 e. The first-order valence-corrected chi connectivity index (χ1v) is 10.4. The number of nitrogens with zero attached hydrogens (tertiary/aromatic N) is 2. The summed E-state index contributed by atoms with van der Waals surface area (Å²) in [6.07, 6.45) is 6.12. The van der Waals surface area contributed by atoms with E-state index in [2.05, 4.69) is 30.4 Å². The fourth-order valence-electron chi connectivity index (χ4n) is 3.36. The normalized spacial score (nSPS) is 16.3. The molecular weight excluding hydrogens is 362 g/mol. The van der Waals surface area contributed by atoms with Crippen molar-refractivity contribution in [2.45, 2.75) is 57.9 Å². The standard InChI is InChI=1S/C20H27N3O3S/c1-3-4-16-6-7-17(27-16)19(25)23-12-10-20(2,11-13-23)21-18(24)8-5-15-9-14-26-22-15/h6-7,9,14H,3-5,8,10-13H2,1-2H3,(H,21,24). The number of aromatic nitrogens is 1. The lowest BCUT2D eigenvalue weighted by Crippen LogP contribution is -2.54. The lowest BCUT2D eigenvalue weighted by Gasteiger charge is -2.39. The predicted molar refractivity (Wildman–Crippen MR) is 105 cm³/mol. The van der Waals surface area contributed by atoms with Crippen LogP contribution in [0.15, 0.2) is 29.0 Å². The van der Waals surface area contributed by atoms with E-state index >= 15 is 0 Å². The first-order valence-electron chi connectivity index (χ1n) is 9.57. The highest BCUT2D eigenvalue weighted by Gasteiger charge is 2.33. The molecule has 146 valence electrons. The zero-order valence-electron chi connectivity index (χ0n) is 16.0. The highest BCUT2D eigenvalue weighted by Crippen LogP contribution is 2.26. The fraction of sp³-hybridized carbons (Fsp3) is 0.550. The van der Waals surface area contributed by atoms with Crippen LogP contribution in [0.2, 0.25) is 0 Å². The van der Waals surface area contributed by atoms with E-state index in [-0.39, 0.29) is 17.4 Å². The van der Waals surface area contributed by atoms with E-state index in [0.29, 0.717) is 25.9 Å². The van der Waals surface area contributed by atoms with Crippen LogP contribution in [-0.4, -0.2) is 40.5 Å². The number of likely N-dealkylation sites (tertiary alicyclic amines) is 1. The van der Waals surface area contributed by atoms with E-state index in [0.717, 1.165) is 36.3 Å². The maximum atomic E-state index is 12.7. The third-order valence-electron chi connectivity index (χ3n) is 5.06. The van der Waals surface area contributed by atoms with Gasteiger partial charge in [-0.3, -0.25) is 9.59 Å². The summed E-state index contributed by atoms with van der Waals surface area (Å²) in [7, 11) is 0. The van der Waals surface area contributed by atoms with E-state index in [9.17, 15) is 9.59 Å². The minimum absolute atomic E-state index is 0.0164. The van der Waals surface area contributed by atoms with Gasteiger partial charge in [-0.1, -0.05) is 18.5 Å². The molecular formula is C20H27N3O3S. The van der Waals surface area contributed by atoms with Crippen LogP contribution in [0, 0.1) is 0 Å². The molecule has 1 saturated heterocycles. The molecule has 0 saturated carbocycles. The molecule has 0 aliphatic carbocycles. The van der Waals surface area contributed by atoms with Gasteiger partial charge in [-0.15, -0.1) is 11.3 Å². The number of piperidine rings is 1. The maximum absolute atomic E-state index is 12.7. The van der Waals surface area contributed by atoms with Gasteiger partial charge in [0.15, 0.2) is 0 Å². The Labute approximate surface area is 163 Å². The van der Waals surface area contributed by atoms with E-state index in [1.54, 1.807) is 17.4 Å². The van der Waals surface area contributed by atoms with E-state index in [1.807, 2.05) is 11.0 Å². The Bertz CT molecular complexity index is 761. The summed E-state index contributed by atoms with van der Waals surface area (Å²) in [5.74, 6) is 0.129. The molecule has 27 heavy (non-hydrogen) atoms. The second-order valence-electron chi connectivity index (χ2n) is 7.41. The summed E-state index contributed by atoms with van der Waals surface area (Å²) < 4.78 is 4.78. The van der Waals surface area contributed by atoms with Gasteiger partial charge in [0, 0.05) is 42.4 Å². The third kappa shape index (κ3) is 5.19. The van der Waals surface area contributed by atoms with Crippen LogP contribution < -0.4 is 5.32 Å². The summed E-state index contributed by atoms with van der Waals surface area (Å²) in [6, 6.07) is 5.78. The quantitative estimate of drug-likeness (QED) is 0.787. The van der Waals surface area contributed by atoms with Crippen molar-refractivity contribution in [2.24, 2.45) is 0 Å². The van der Waals surface area contributed by atoms with Crippen molar-refractivity contribution in [1.82, 2.24) is 15.4 Å². The topological polar surface area (TPSA) is 75.4 Å². The monoisotopic (exact) mass is 389 g/mol. The minimum atomic E-state index is -0.263. The Morgan fingerprint density at radius 1 is 1.26 bits per heavy atom. The molecule has 1 N–H and O–H groups in total. The number of thiophene rings is 1. The van der Waals surface area contributed by atoms with Gasteiger partial charge in [-0.05, 0) is 38.3 Å². The van der Waals surface area contributed by atoms with Gasteiger partial charge in [0.1, 0.15) is 6.26 Å². The molecule has 0 bridgehead atoms. The molecule has 1 aliphatic heterocycles. The summed E-state index contributed by atoms with van der Waals surface area (Å²) in [6.45, 7) is 5.54. The molecule has 0 spiro atoms. The molecule has 1 aliphatic rings. The van der Waals surface area contributed by atoms with Crippen LogP contribution >= 0.6 is 11.3 Å². The lowest BCUT2D eigenvalue weighted by molar-refractivity contribution is -0.123. The largest absolute Gasteiger partial charge is 0.365 e. The van der Waals surface area contributed by atoms with Crippen LogP contribution in [0.5, 0.6) is 0 Å². The van der Waals surface area contributed by atoms with Crippen LogP contribution in [0.25, 0.3) is 0 Å². The Hall–Kier alpha value is -2.15. The first kappa shape index (κ1) is 19.6. The molecule has 2 aromatic rings. The van der Waals surface area contributed by atoms with Gasteiger partial charge in [0.05, 0.1) is 10.6 Å². The number of carbonyl (C=O) groups is 2. The molecule has 0 atom stereocenters. The van der Waals surface area contributed by atoms with E-state index in [4.69, 9.17) is 4.52 Å². The Balaban J connectivity index is 1.47. The maximum Gasteiger partial charge on any atom is 0.263 e. The molecule has 0 unspecified atom stereocenters. The van der Waals surface area contributed by atoms with Gasteiger partial charge in [0.25, 0.3) is 5.91 Å². The molecule has 1 fully saturated rings. The smallest absolute Gasteiger partial charge is 0.263 e. The van der Waals surface area contributed by atoms with Gasteiger partial charge in [-0.25, -0.2) is 0 Å². The van der Waals surface area contributed by atoms with Crippen LogP contribution in [0.1, 0.15) is 59.8 Å². The fourth-order valence-corrected chi connectivity index (χ4v) is 4.44. The van der Waals surface area contributed by atoms with Crippen molar-refractivity contribution in [3.63, 3.8) is 0 Å². The van der Waals surface area contributed by atoms with Crippen molar-refractivity contribution in [1.29, 1.82) is 0 Å². The van der Waals surface area contributed by atoms with E-state index in [1.165, 1.54) is 11.1 Å². The van der Waals surface area contributed by atoms with Crippen LogP contribution in [0.3, 0.4) is 0 Å². The van der Waals surface area contributed by atoms with Crippen molar-refractivity contribution in [2.75, 3.05) is 13.1 Å². The van der Waals surface area contributed by atoms with Crippen molar-refractivity contribution in [3.8, 4) is 0 Å². The number of aryl methyl sites for hydroxylation is 2. The van der Waals surface area contributed by atoms with Crippen LogP contribution in [-0.2, 0) is 17.6 Å². The molecule has 2 aromatic heterocycles. The average Bonchev–Trinajstić information content (AvgIpc) is 3.32. The van der Waals surface area contributed by atoms with Crippen LogP contribution in [0.4, 0.5) is 0 Å². The van der Waals surface area contributed by atoms with Gasteiger partial charge >= 0.3 is 0 Å². The third-order valence-corrected chi connectivity index (χ3v) is 6.20. The SMILES string of the molecule is CCCc1ccc(C(=O)N2CCC(C)(NC(=O)CCc3ccon3)CC2)s1. The average molecular weight is 390 g/mol. The van der Waals surface area contributed by atoms with Gasteiger partial charge in [-0.2, -0.15) is 0 Å². The van der Waals surface area contributed by atoms with Gasteiger partial charge in [0.2, 0.25) is 5.91 Å². The summed E-state index contributed by atoms with van der Waals surface area (Å²) in [5.41, 5.74) is 0.523. The molecule has 3 heterocycles. The molecule has 6 nitrogen and oxygen atoms in total. The number of rotatable bonds is 7. The highest BCUT2D eigenvalue weighted by molar-refractivity contribution is 7.14. The molecule has 3 rings (SSSR count). The highest BCUT2D eigenvalue weighted by atomic mass is 32.1. The van der Waals surface area contributed by atoms with Gasteiger partial charge < -0.3 is 14.7 Å². The van der Waals surface area contributed by atoms with E-state index < -0.39 is 0 Å². The predicted octanol–water partition coefficient (Wildman–Crippen LogP) is 3.43. The molecule has 0 aromatic carbocycles. The van der Waals surface area contributed by atoms with Crippen molar-refractivity contribution < 1.29 is 14.1 Å². The summed E-state index contributed by atoms with van der Waals surface area (Å²) >= 11 is 1.60. The second kappa shape index (κ2) is 8.69. The van der Waals surface area contributed by atoms with Crippen molar-refractivity contribution in [3.05, 3.63) is 39.9 Å². The Kier molecular flexibility index (Phi) is 6.31. The number of nitrogens with one attached hydrogen (secondary N) is 1. The molecule has 2 amide bonds. The zero-order valence-corrected chi connectivity index (χ0v) is 16.8. The Morgan fingerprint density at radius 3 is 2.70 bits per heavy atom. The number of hydrogen-bond donors (Lipinski definition) is 1. The Morgan fingerprint density at radius 2 is 2.04 bits per heavy atom. The molecule has 0 radical (unpaired) electrons.